The van der Waals surface area contributed by atoms with Crippen molar-refractivity contribution in [3.8, 4) is 11.5 Å². The quantitative estimate of drug-likeness (QED) is 0.784. The maximum atomic E-state index is 12.5. The summed E-state index contributed by atoms with van der Waals surface area (Å²) in [5, 5.41) is 0. The van der Waals surface area contributed by atoms with Gasteiger partial charge in [-0.1, -0.05) is 13.8 Å². The molecule has 0 bridgehead atoms. The first kappa shape index (κ1) is 17.6. The molecule has 23 heavy (non-hydrogen) atoms. The van der Waals surface area contributed by atoms with E-state index in [2.05, 4.69) is 9.46 Å². The number of carbonyl (C=O) groups is 1. The van der Waals surface area contributed by atoms with Crippen molar-refractivity contribution < 1.29 is 27.4 Å². The fourth-order valence-electron chi connectivity index (χ4n) is 2.25. The Morgan fingerprint density at radius 1 is 1.26 bits per heavy atom. The van der Waals surface area contributed by atoms with Crippen molar-refractivity contribution >= 4 is 16.0 Å². The van der Waals surface area contributed by atoms with Gasteiger partial charge in [0.15, 0.2) is 11.5 Å². The summed E-state index contributed by atoms with van der Waals surface area (Å²) in [4.78, 5) is 11.8. The molecule has 0 spiro atoms. The number of benzene rings is 1. The predicted octanol–water partition coefficient (Wildman–Crippen LogP) is 1.32. The highest BCUT2D eigenvalue weighted by atomic mass is 32.2. The first-order chi connectivity index (χ1) is 10.8. The van der Waals surface area contributed by atoms with E-state index in [0.29, 0.717) is 31.1 Å². The van der Waals surface area contributed by atoms with Crippen LogP contribution < -0.4 is 14.2 Å². The Morgan fingerprint density at radius 2 is 1.91 bits per heavy atom. The van der Waals surface area contributed by atoms with E-state index < -0.39 is 22.0 Å². The second-order valence-electron chi connectivity index (χ2n) is 5.63. The second-order valence-corrected chi connectivity index (χ2v) is 7.35. The second kappa shape index (κ2) is 7.18. The van der Waals surface area contributed by atoms with Gasteiger partial charge in [0.05, 0.1) is 12.0 Å². The zero-order chi connectivity index (χ0) is 17.0. The van der Waals surface area contributed by atoms with E-state index in [9.17, 15) is 13.2 Å². The van der Waals surface area contributed by atoms with Gasteiger partial charge in [-0.2, -0.15) is 4.72 Å². The van der Waals surface area contributed by atoms with Crippen molar-refractivity contribution in [3.05, 3.63) is 18.2 Å². The van der Waals surface area contributed by atoms with Crippen LogP contribution >= 0.6 is 0 Å². The Bertz CT molecular complexity index is 671. The van der Waals surface area contributed by atoms with Gasteiger partial charge in [-0.3, -0.25) is 4.79 Å². The molecule has 0 radical (unpaired) electrons. The minimum absolute atomic E-state index is 0.0133. The van der Waals surface area contributed by atoms with Crippen LogP contribution in [0.15, 0.2) is 23.1 Å². The van der Waals surface area contributed by atoms with E-state index in [4.69, 9.17) is 9.47 Å². The summed E-state index contributed by atoms with van der Waals surface area (Å²) in [7, 11) is -2.65. The molecule has 1 N–H and O–H groups in total. The van der Waals surface area contributed by atoms with Crippen LogP contribution in [0, 0.1) is 5.92 Å². The van der Waals surface area contributed by atoms with Gasteiger partial charge in [0.25, 0.3) is 0 Å². The van der Waals surface area contributed by atoms with Crippen LogP contribution in [0.1, 0.15) is 20.3 Å². The van der Waals surface area contributed by atoms with Crippen molar-refractivity contribution in [1.29, 1.82) is 0 Å². The summed E-state index contributed by atoms with van der Waals surface area (Å²) in [6, 6.07) is 3.41. The Balaban J connectivity index is 2.24. The van der Waals surface area contributed by atoms with Crippen LogP contribution in [0.25, 0.3) is 0 Å². The minimum Gasteiger partial charge on any atom is -0.486 e. The molecule has 1 heterocycles. The minimum atomic E-state index is -3.88. The molecule has 8 heteroatoms. The zero-order valence-corrected chi connectivity index (χ0v) is 14.2. The number of hydrogen-bond donors (Lipinski definition) is 1. The van der Waals surface area contributed by atoms with Crippen LogP contribution in [-0.2, 0) is 19.6 Å². The van der Waals surface area contributed by atoms with Crippen molar-refractivity contribution in [1.82, 2.24) is 4.72 Å². The molecule has 0 aliphatic carbocycles. The van der Waals surface area contributed by atoms with E-state index in [0.717, 1.165) is 0 Å². The van der Waals surface area contributed by atoms with Gasteiger partial charge in [-0.05, 0) is 24.5 Å². The molecule has 128 valence electrons. The predicted molar refractivity (Wildman–Crippen MR) is 83.0 cm³/mol. The van der Waals surface area contributed by atoms with Crippen LogP contribution in [-0.4, -0.2) is 40.8 Å². The lowest BCUT2D eigenvalue weighted by Crippen LogP contribution is -2.42. The third-order valence-electron chi connectivity index (χ3n) is 3.31. The number of carbonyl (C=O) groups excluding carboxylic acids is 1. The summed E-state index contributed by atoms with van der Waals surface area (Å²) in [6.07, 6.45) is 0.344. The topological polar surface area (TPSA) is 90.9 Å². The number of fused-ring (bicyclic) bond motifs is 1. The summed E-state index contributed by atoms with van der Waals surface area (Å²) in [6.45, 7) is 4.58. The molecule has 0 saturated heterocycles. The lowest BCUT2D eigenvalue weighted by atomic mass is 10.1. The molecule has 0 aromatic heterocycles. The third-order valence-corrected chi connectivity index (χ3v) is 4.78. The number of rotatable bonds is 6. The molecule has 0 amide bonds. The lowest BCUT2D eigenvalue weighted by molar-refractivity contribution is -0.143. The van der Waals surface area contributed by atoms with Gasteiger partial charge < -0.3 is 14.2 Å². The normalized spacial score (nSPS) is 15.3. The van der Waals surface area contributed by atoms with Gasteiger partial charge in [0, 0.05) is 6.07 Å². The van der Waals surface area contributed by atoms with Crippen LogP contribution in [0.4, 0.5) is 0 Å². The Hall–Kier alpha value is -1.80. The SMILES string of the molecule is COC(=O)[C@H](CC(C)C)NS(=O)(=O)c1ccc2c(c1)OCCO2. The Morgan fingerprint density at radius 3 is 2.52 bits per heavy atom. The number of methoxy groups -OCH3 is 1. The highest BCUT2D eigenvalue weighted by molar-refractivity contribution is 7.89. The average molecular weight is 343 g/mol. The van der Waals surface area contributed by atoms with E-state index in [1.54, 1.807) is 6.07 Å². The van der Waals surface area contributed by atoms with Gasteiger partial charge in [-0.25, -0.2) is 8.42 Å². The number of hydrogen-bond acceptors (Lipinski definition) is 6. The number of ether oxygens (including phenoxy) is 3. The highest BCUT2D eigenvalue weighted by Crippen LogP contribution is 2.32. The Kier molecular flexibility index (Phi) is 5.48. The maximum Gasteiger partial charge on any atom is 0.323 e. The molecule has 1 aromatic carbocycles. The molecule has 0 saturated carbocycles. The van der Waals surface area contributed by atoms with Crippen LogP contribution in [0.3, 0.4) is 0 Å². The van der Waals surface area contributed by atoms with E-state index in [-0.39, 0.29) is 10.8 Å². The number of sulfonamides is 1. The summed E-state index contributed by atoms with van der Waals surface area (Å²) in [5.74, 6) is 0.390. The molecule has 1 aromatic rings. The largest absolute Gasteiger partial charge is 0.486 e. The van der Waals surface area contributed by atoms with Gasteiger partial charge in [0.2, 0.25) is 10.0 Å². The third kappa shape index (κ3) is 4.35. The maximum absolute atomic E-state index is 12.5. The van der Waals surface area contributed by atoms with Gasteiger partial charge in [-0.15, -0.1) is 0 Å². The molecular weight excluding hydrogens is 322 g/mol. The lowest BCUT2D eigenvalue weighted by Gasteiger charge is -2.21. The first-order valence-corrected chi connectivity index (χ1v) is 8.81. The van der Waals surface area contributed by atoms with E-state index in [1.807, 2.05) is 13.8 Å². The van der Waals surface area contributed by atoms with E-state index in [1.165, 1.54) is 19.2 Å². The molecule has 1 aliphatic rings. The smallest absolute Gasteiger partial charge is 0.323 e. The highest BCUT2D eigenvalue weighted by Gasteiger charge is 2.28. The number of nitrogens with one attached hydrogen (secondary N) is 1. The van der Waals surface area contributed by atoms with Crippen molar-refractivity contribution in [2.45, 2.75) is 31.2 Å². The molecule has 7 nitrogen and oxygen atoms in total. The molecule has 2 rings (SSSR count). The van der Waals surface area contributed by atoms with E-state index >= 15 is 0 Å². The molecular formula is C15H21NO6S. The summed E-state index contributed by atoms with van der Waals surface area (Å²) >= 11 is 0. The van der Waals surface area contributed by atoms with Crippen LogP contribution in [0.2, 0.25) is 0 Å². The summed E-state index contributed by atoms with van der Waals surface area (Å²) < 4.78 is 42.9. The standard InChI is InChI=1S/C15H21NO6S/c1-10(2)8-12(15(17)20-3)16-23(18,19)11-4-5-13-14(9-11)22-7-6-21-13/h4-5,9-10,12,16H,6-8H2,1-3H3/t12-/m0/s1. The van der Waals surface area contributed by atoms with Gasteiger partial charge >= 0.3 is 5.97 Å². The summed E-state index contributed by atoms with van der Waals surface area (Å²) in [5.41, 5.74) is 0. The fraction of sp³-hybridized carbons (Fsp3) is 0.533. The van der Waals surface area contributed by atoms with Crippen LogP contribution in [0.5, 0.6) is 11.5 Å². The number of esters is 1. The average Bonchev–Trinajstić information content (AvgIpc) is 2.52. The molecule has 0 unspecified atom stereocenters. The van der Waals surface area contributed by atoms with Crippen molar-refractivity contribution in [3.63, 3.8) is 0 Å². The first-order valence-electron chi connectivity index (χ1n) is 7.33. The Labute approximate surface area is 136 Å². The molecule has 1 atom stereocenters. The van der Waals surface area contributed by atoms with Crippen molar-refractivity contribution in [2.75, 3.05) is 20.3 Å². The molecule has 1 aliphatic heterocycles. The molecule has 0 fully saturated rings. The monoisotopic (exact) mass is 343 g/mol. The fourth-order valence-corrected chi connectivity index (χ4v) is 3.46. The van der Waals surface area contributed by atoms with Gasteiger partial charge in [0.1, 0.15) is 19.3 Å². The zero-order valence-electron chi connectivity index (χ0n) is 13.4. The van der Waals surface area contributed by atoms with Crippen molar-refractivity contribution in [2.24, 2.45) is 5.92 Å².